The summed E-state index contributed by atoms with van der Waals surface area (Å²) in [4.78, 5) is -0.513. The molecule has 4 nitrogen and oxygen atoms in total. The first-order valence-corrected chi connectivity index (χ1v) is 8.04. The minimum atomic E-state index is -3.94. The fraction of sp³-hybridized carbons (Fsp3) is 0.538. The van der Waals surface area contributed by atoms with Gasteiger partial charge < -0.3 is 5.32 Å². The van der Waals surface area contributed by atoms with Crippen molar-refractivity contribution >= 4 is 10.0 Å². The third kappa shape index (κ3) is 3.53. The highest BCUT2D eigenvalue weighted by atomic mass is 32.2. The molecule has 0 radical (unpaired) electrons. The van der Waals surface area contributed by atoms with E-state index in [0.717, 1.165) is 31.6 Å². The molecule has 0 bridgehead atoms. The molecule has 0 aliphatic carbocycles. The van der Waals surface area contributed by atoms with Crippen LogP contribution in [0, 0.1) is 23.5 Å². The Morgan fingerprint density at radius 2 is 2.15 bits per heavy atom. The van der Waals surface area contributed by atoms with Crippen LogP contribution in [-0.2, 0) is 10.0 Å². The predicted octanol–water partition coefficient (Wildman–Crippen LogP) is 1.49. The number of halogens is 2. The van der Waals surface area contributed by atoms with Gasteiger partial charge in [0.25, 0.3) is 0 Å². The minimum absolute atomic E-state index is 0.217. The van der Waals surface area contributed by atoms with Gasteiger partial charge in [0.05, 0.1) is 0 Å². The van der Waals surface area contributed by atoms with E-state index in [1.54, 1.807) is 0 Å². The monoisotopic (exact) mass is 304 g/mol. The van der Waals surface area contributed by atoms with Crippen LogP contribution < -0.4 is 10.0 Å². The van der Waals surface area contributed by atoms with Crippen molar-refractivity contribution in [2.24, 2.45) is 11.8 Å². The third-order valence-corrected chi connectivity index (χ3v) is 5.14. The summed E-state index contributed by atoms with van der Waals surface area (Å²) in [6.45, 7) is 4.00. The summed E-state index contributed by atoms with van der Waals surface area (Å²) in [6, 6.07) is 2.45. The molecule has 1 aliphatic heterocycles. The lowest BCUT2D eigenvalue weighted by atomic mass is 9.88. The molecular weight excluding hydrogens is 286 g/mol. The summed E-state index contributed by atoms with van der Waals surface area (Å²) in [5.74, 6) is -1.30. The molecule has 7 heteroatoms. The Bertz CT molecular complexity index is 578. The van der Waals surface area contributed by atoms with Gasteiger partial charge in [0.15, 0.2) is 0 Å². The van der Waals surface area contributed by atoms with Gasteiger partial charge in [-0.05, 0) is 43.5 Å². The van der Waals surface area contributed by atoms with E-state index in [9.17, 15) is 17.2 Å². The first-order chi connectivity index (χ1) is 9.40. The second kappa shape index (κ2) is 6.15. The fourth-order valence-electron chi connectivity index (χ4n) is 2.36. The Morgan fingerprint density at radius 3 is 2.80 bits per heavy atom. The lowest BCUT2D eigenvalue weighted by Gasteiger charge is -2.29. The van der Waals surface area contributed by atoms with E-state index in [-0.39, 0.29) is 12.5 Å². The van der Waals surface area contributed by atoms with Gasteiger partial charge in [-0.25, -0.2) is 21.9 Å². The normalized spacial score (nSPS) is 23.8. The number of sulfonamides is 1. The van der Waals surface area contributed by atoms with E-state index < -0.39 is 26.6 Å². The SMILES string of the molecule is CC1CNCCC1CNS(=O)(=O)c1ccc(F)cc1F. The summed E-state index contributed by atoms with van der Waals surface area (Å²) in [5, 5.41) is 3.23. The quantitative estimate of drug-likeness (QED) is 0.886. The topological polar surface area (TPSA) is 58.2 Å². The molecule has 0 saturated carbocycles. The molecule has 20 heavy (non-hydrogen) atoms. The van der Waals surface area contributed by atoms with Crippen LogP contribution in [0.3, 0.4) is 0 Å². The van der Waals surface area contributed by atoms with Crippen molar-refractivity contribution in [1.29, 1.82) is 0 Å². The summed E-state index contributed by atoms with van der Waals surface area (Å²) in [7, 11) is -3.94. The van der Waals surface area contributed by atoms with E-state index in [1.807, 2.05) is 6.92 Å². The number of hydrogen-bond donors (Lipinski definition) is 2. The first kappa shape index (κ1) is 15.3. The van der Waals surface area contributed by atoms with Gasteiger partial charge in [-0.1, -0.05) is 6.92 Å². The first-order valence-electron chi connectivity index (χ1n) is 6.55. The zero-order valence-electron chi connectivity index (χ0n) is 11.2. The van der Waals surface area contributed by atoms with Crippen LogP contribution in [-0.4, -0.2) is 28.1 Å². The molecule has 0 amide bonds. The third-order valence-electron chi connectivity index (χ3n) is 3.68. The molecule has 1 fully saturated rings. The molecule has 0 spiro atoms. The zero-order chi connectivity index (χ0) is 14.8. The second-order valence-electron chi connectivity index (χ2n) is 5.16. The minimum Gasteiger partial charge on any atom is -0.316 e. The Labute approximate surface area is 117 Å². The maximum atomic E-state index is 13.5. The van der Waals surface area contributed by atoms with E-state index in [1.165, 1.54) is 0 Å². The van der Waals surface area contributed by atoms with Gasteiger partial charge >= 0.3 is 0 Å². The summed E-state index contributed by atoms with van der Waals surface area (Å²) >= 11 is 0. The summed E-state index contributed by atoms with van der Waals surface area (Å²) < 4.78 is 52.8. The molecule has 1 aromatic carbocycles. The van der Waals surface area contributed by atoms with Crippen molar-refractivity contribution in [3.63, 3.8) is 0 Å². The van der Waals surface area contributed by atoms with Crippen LogP contribution >= 0.6 is 0 Å². The molecule has 2 unspecified atom stereocenters. The Hall–Kier alpha value is -1.05. The summed E-state index contributed by atoms with van der Waals surface area (Å²) in [6.07, 6.45) is 0.871. The molecule has 1 aliphatic rings. The van der Waals surface area contributed by atoms with Crippen LogP contribution in [0.15, 0.2) is 23.1 Å². The van der Waals surface area contributed by atoms with E-state index in [4.69, 9.17) is 0 Å². The number of benzene rings is 1. The number of piperidine rings is 1. The molecule has 2 atom stereocenters. The highest BCUT2D eigenvalue weighted by Gasteiger charge is 2.25. The van der Waals surface area contributed by atoms with Crippen LogP contribution in [0.1, 0.15) is 13.3 Å². The Balaban J connectivity index is 2.07. The second-order valence-corrected chi connectivity index (χ2v) is 6.89. The maximum Gasteiger partial charge on any atom is 0.243 e. The average molecular weight is 304 g/mol. The molecule has 1 heterocycles. The van der Waals surface area contributed by atoms with Gasteiger partial charge in [0, 0.05) is 12.6 Å². The van der Waals surface area contributed by atoms with Crippen LogP contribution in [0.5, 0.6) is 0 Å². The van der Waals surface area contributed by atoms with Crippen LogP contribution in [0.25, 0.3) is 0 Å². The van der Waals surface area contributed by atoms with E-state index in [0.29, 0.717) is 12.0 Å². The summed E-state index contributed by atoms with van der Waals surface area (Å²) in [5.41, 5.74) is 0. The zero-order valence-corrected chi connectivity index (χ0v) is 12.0. The predicted molar refractivity (Wildman–Crippen MR) is 71.7 cm³/mol. The van der Waals surface area contributed by atoms with Crippen molar-refractivity contribution in [2.45, 2.75) is 18.2 Å². The van der Waals surface area contributed by atoms with Crippen molar-refractivity contribution in [3.05, 3.63) is 29.8 Å². The number of hydrogen-bond acceptors (Lipinski definition) is 3. The van der Waals surface area contributed by atoms with Crippen molar-refractivity contribution < 1.29 is 17.2 Å². The van der Waals surface area contributed by atoms with Gasteiger partial charge in [-0.3, -0.25) is 0 Å². The molecule has 2 rings (SSSR count). The lowest BCUT2D eigenvalue weighted by Crippen LogP contribution is -2.41. The largest absolute Gasteiger partial charge is 0.316 e. The lowest BCUT2D eigenvalue weighted by molar-refractivity contribution is 0.274. The van der Waals surface area contributed by atoms with Gasteiger partial charge in [0.2, 0.25) is 10.0 Å². The highest BCUT2D eigenvalue weighted by Crippen LogP contribution is 2.20. The van der Waals surface area contributed by atoms with Crippen LogP contribution in [0.4, 0.5) is 8.78 Å². The molecule has 1 aromatic rings. The molecule has 0 aromatic heterocycles. The highest BCUT2D eigenvalue weighted by molar-refractivity contribution is 7.89. The standard InChI is InChI=1S/C13H18F2N2O2S/c1-9-7-16-5-4-10(9)8-17-20(18,19)13-3-2-11(14)6-12(13)15/h2-3,6,9-10,16-17H,4-5,7-8H2,1H3. The van der Waals surface area contributed by atoms with E-state index >= 15 is 0 Å². The Morgan fingerprint density at radius 1 is 1.40 bits per heavy atom. The molecule has 2 N–H and O–H groups in total. The van der Waals surface area contributed by atoms with Crippen molar-refractivity contribution in [3.8, 4) is 0 Å². The number of rotatable bonds is 4. The van der Waals surface area contributed by atoms with E-state index in [2.05, 4.69) is 10.0 Å². The molecule has 1 saturated heterocycles. The molecule has 112 valence electrons. The van der Waals surface area contributed by atoms with Gasteiger partial charge in [0.1, 0.15) is 16.5 Å². The van der Waals surface area contributed by atoms with Gasteiger partial charge in [-0.2, -0.15) is 0 Å². The maximum absolute atomic E-state index is 13.5. The van der Waals surface area contributed by atoms with Crippen molar-refractivity contribution in [1.82, 2.24) is 10.0 Å². The van der Waals surface area contributed by atoms with Crippen LogP contribution in [0.2, 0.25) is 0 Å². The number of nitrogens with one attached hydrogen (secondary N) is 2. The Kier molecular flexibility index (Phi) is 4.72. The van der Waals surface area contributed by atoms with Gasteiger partial charge in [-0.15, -0.1) is 0 Å². The smallest absolute Gasteiger partial charge is 0.243 e. The molecular formula is C13H18F2N2O2S. The van der Waals surface area contributed by atoms with Crippen molar-refractivity contribution in [2.75, 3.05) is 19.6 Å². The average Bonchev–Trinajstić information content (AvgIpc) is 2.37. The fourth-order valence-corrected chi connectivity index (χ4v) is 3.51.